The third-order valence-electron chi connectivity index (χ3n) is 2.75. The molecule has 1 atom stereocenters. The van der Waals surface area contributed by atoms with Crippen LogP contribution < -0.4 is 5.73 Å². The molecule has 0 aliphatic heterocycles. The smallest absolute Gasteiger partial charge is 0.0295 e. The van der Waals surface area contributed by atoms with Crippen LogP contribution in [-0.4, -0.2) is 6.26 Å². The van der Waals surface area contributed by atoms with E-state index in [2.05, 4.69) is 51.3 Å². The Morgan fingerprint density at radius 3 is 2.19 bits per heavy atom. The monoisotopic (exact) mass is 237 g/mol. The van der Waals surface area contributed by atoms with Crippen molar-refractivity contribution in [3.05, 3.63) is 29.8 Å². The molecule has 1 unspecified atom stereocenters. The molecule has 90 valence electrons. The third-order valence-corrected chi connectivity index (χ3v) is 3.49. The molecule has 0 spiro atoms. The highest BCUT2D eigenvalue weighted by molar-refractivity contribution is 7.98. The molecule has 16 heavy (non-hydrogen) atoms. The van der Waals surface area contributed by atoms with E-state index in [-0.39, 0.29) is 6.04 Å². The van der Waals surface area contributed by atoms with Gasteiger partial charge in [0.1, 0.15) is 0 Å². The SMILES string of the molecule is CSc1ccc(C(N)CCC(C)(C)C)cc1. The van der Waals surface area contributed by atoms with Crippen molar-refractivity contribution in [3.8, 4) is 0 Å². The second-order valence-corrected chi connectivity index (χ2v) is 6.36. The summed E-state index contributed by atoms with van der Waals surface area (Å²) in [5.74, 6) is 0. The standard InChI is InChI=1S/C14H23NS/c1-14(2,3)10-9-13(15)11-5-7-12(16-4)8-6-11/h5-8,13H,9-10,15H2,1-4H3. The van der Waals surface area contributed by atoms with Gasteiger partial charge in [-0.3, -0.25) is 0 Å². The molecular formula is C14H23NS. The van der Waals surface area contributed by atoms with Crippen LogP contribution in [0.15, 0.2) is 29.2 Å². The van der Waals surface area contributed by atoms with Crippen molar-refractivity contribution in [1.82, 2.24) is 0 Å². The topological polar surface area (TPSA) is 26.0 Å². The molecule has 1 rings (SSSR count). The first-order valence-corrected chi connectivity index (χ1v) is 7.04. The van der Waals surface area contributed by atoms with Gasteiger partial charge in [0, 0.05) is 10.9 Å². The van der Waals surface area contributed by atoms with E-state index in [9.17, 15) is 0 Å². The van der Waals surface area contributed by atoms with Crippen LogP contribution in [0.1, 0.15) is 45.2 Å². The van der Waals surface area contributed by atoms with E-state index >= 15 is 0 Å². The summed E-state index contributed by atoms with van der Waals surface area (Å²) in [5.41, 5.74) is 7.81. The Hall–Kier alpha value is -0.470. The molecule has 0 bridgehead atoms. The summed E-state index contributed by atoms with van der Waals surface area (Å²) in [6.45, 7) is 6.78. The van der Waals surface area contributed by atoms with Gasteiger partial charge in [0.05, 0.1) is 0 Å². The van der Waals surface area contributed by atoms with E-state index in [0.717, 1.165) is 6.42 Å². The molecular weight excluding hydrogens is 214 g/mol. The number of thioether (sulfide) groups is 1. The van der Waals surface area contributed by atoms with Gasteiger partial charge in [-0.2, -0.15) is 0 Å². The van der Waals surface area contributed by atoms with Gasteiger partial charge in [0.15, 0.2) is 0 Å². The number of benzene rings is 1. The van der Waals surface area contributed by atoms with Crippen LogP contribution in [0.2, 0.25) is 0 Å². The normalized spacial score (nSPS) is 13.8. The maximum absolute atomic E-state index is 6.19. The van der Waals surface area contributed by atoms with Crippen molar-refractivity contribution in [2.45, 2.75) is 44.6 Å². The van der Waals surface area contributed by atoms with Crippen molar-refractivity contribution in [2.75, 3.05) is 6.26 Å². The van der Waals surface area contributed by atoms with E-state index in [1.165, 1.54) is 16.9 Å². The third kappa shape index (κ3) is 4.58. The van der Waals surface area contributed by atoms with Crippen LogP contribution >= 0.6 is 11.8 Å². The number of nitrogens with two attached hydrogens (primary N) is 1. The Morgan fingerprint density at radius 2 is 1.75 bits per heavy atom. The van der Waals surface area contributed by atoms with Crippen LogP contribution in [0.5, 0.6) is 0 Å². The lowest BCUT2D eigenvalue weighted by atomic mass is 9.87. The van der Waals surface area contributed by atoms with Gasteiger partial charge in [-0.1, -0.05) is 32.9 Å². The van der Waals surface area contributed by atoms with Crippen LogP contribution in [0, 0.1) is 5.41 Å². The fraction of sp³-hybridized carbons (Fsp3) is 0.571. The summed E-state index contributed by atoms with van der Waals surface area (Å²) in [5, 5.41) is 0. The summed E-state index contributed by atoms with van der Waals surface area (Å²) in [4.78, 5) is 1.30. The zero-order valence-corrected chi connectivity index (χ0v) is 11.6. The maximum atomic E-state index is 6.19. The molecule has 0 saturated heterocycles. The molecule has 1 aromatic carbocycles. The predicted octanol–water partition coefficient (Wildman–Crippen LogP) is 4.23. The number of rotatable bonds is 4. The van der Waals surface area contributed by atoms with Crippen LogP contribution in [0.3, 0.4) is 0 Å². The summed E-state index contributed by atoms with van der Waals surface area (Å²) >= 11 is 1.77. The highest BCUT2D eigenvalue weighted by Crippen LogP contribution is 2.26. The molecule has 0 aromatic heterocycles. The Morgan fingerprint density at radius 1 is 1.19 bits per heavy atom. The van der Waals surface area contributed by atoms with Crippen molar-refractivity contribution < 1.29 is 0 Å². The first kappa shape index (κ1) is 13.6. The van der Waals surface area contributed by atoms with Gasteiger partial charge in [0.25, 0.3) is 0 Å². The highest BCUT2D eigenvalue weighted by Gasteiger charge is 2.13. The lowest BCUT2D eigenvalue weighted by molar-refractivity contribution is 0.350. The number of hydrogen-bond donors (Lipinski definition) is 1. The number of hydrogen-bond acceptors (Lipinski definition) is 2. The molecule has 0 saturated carbocycles. The summed E-state index contributed by atoms with van der Waals surface area (Å²) in [6.07, 6.45) is 4.31. The minimum absolute atomic E-state index is 0.176. The molecule has 0 aliphatic carbocycles. The minimum atomic E-state index is 0.176. The second kappa shape index (κ2) is 5.74. The Bertz CT molecular complexity index is 311. The van der Waals surface area contributed by atoms with Crippen molar-refractivity contribution >= 4 is 11.8 Å². The van der Waals surface area contributed by atoms with Gasteiger partial charge < -0.3 is 5.73 Å². The first-order valence-electron chi connectivity index (χ1n) is 5.82. The zero-order valence-electron chi connectivity index (χ0n) is 10.8. The Kier molecular flexibility index (Phi) is 4.88. The molecule has 2 heteroatoms. The molecule has 1 aromatic rings. The molecule has 0 aliphatic rings. The largest absolute Gasteiger partial charge is 0.324 e. The minimum Gasteiger partial charge on any atom is -0.324 e. The lowest BCUT2D eigenvalue weighted by Gasteiger charge is -2.21. The van der Waals surface area contributed by atoms with Crippen LogP contribution in [0.25, 0.3) is 0 Å². The Balaban J connectivity index is 2.56. The summed E-state index contributed by atoms with van der Waals surface area (Å²) < 4.78 is 0. The molecule has 0 heterocycles. The average Bonchev–Trinajstić information content (AvgIpc) is 2.25. The molecule has 2 N–H and O–H groups in total. The molecule has 0 fully saturated rings. The van der Waals surface area contributed by atoms with Crippen molar-refractivity contribution in [3.63, 3.8) is 0 Å². The quantitative estimate of drug-likeness (QED) is 0.793. The average molecular weight is 237 g/mol. The van der Waals surface area contributed by atoms with E-state index in [4.69, 9.17) is 5.73 Å². The molecule has 0 radical (unpaired) electrons. The maximum Gasteiger partial charge on any atom is 0.0295 e. The van der Waals surface area contributed by atoms with Gasteiger partial charge in [-0.25, -0.2) is 0 Å². The van der Waals surface area contributed by atoms with Crippen molar-refractivity contribution in [2.24, 2.45) is 11.1 Å². The Labute approximate surface area is 104 Å². The first-order chi connectivity index (χ1) is 7.42. The van der Waals surface area contributed by atoms with E-state index in [1.807, 2.05) is 0 Å². The lowest BCUT2D eigenvalue weighted by Crippen LogP contribution is -2.14. The van der Waals surface area contributed by atoms with E-state index in [0.29, 0.717) is 5.41 Å². The zero-order chi connectivity index (χ0) is 12.2. The van der Waals surface area contributed by atoms with Crippen molar-refractivity contribution in [1.29, 1.82) is 0 Å². The van der Waals surface area contributed by atoms with E-state index < -0.39 is 0 Å². The fourth-order valence-electron chi connectivity index (χ4n) is 1.61. The van der Waals surface area contributed by atoms with Gasteiger partial charge in [-0.05, 0) is 42.2 Å². The predicted molar refractivity (Wildman–Crippen MR) is 73.8 cm³/mol. The van der Waals surface area contributed by atoms with E-state index in [1.54, 1.807) is 11.8 Å². The molecule has 1 nitrogen and oxygen atoms in total. The summed E-state index contributed by atoms with van der Waals surface area (Å²) in [7, 11) is 0. The molecule has 0 amide bonds. The second-order valence-electron chi connectivity index (χ2n) is 5.48. The highest BCUT2D eigenvalue weighted by atomic mass is 32.2. The summed E-state index contributed by atoms with van der Waals surface area (Å²) in [6, 6.07) is 8.78. The van der Waals surface area contributed by atoms with Gasteiger partial charge in [0.2, 0.25) is 0 Å². The van der Waals surface area contributed by atoms with Gasteiger partial charge in [-0.15, -0.1) is 11.8 Å². The van der Waals surface area contributed by atoms with Crippen LogP contribution in [0.4, 0.5) is 0 Å². The van der Waals surface area contributed by atoms with Crippen LogP contribution in [-0.2, 0) is 0 Å². The fourth-order valence-corrected chi connectivity index (χ4v) is 2.01. The van der Waals surface area contributed by atoms with Gasteiger partial charge >= 0.3 is 0 Å².